The molecule has 0 aromatic carbocycles. The maximum Gasteiger partial charge on any atom is 0.283 e. The van der Waals surface area contributed by atoms with Gasteiger partial charge in [-0.3, -0.25) is 4.79 Å². The van der Waals surface area contributed by atoms with Gasteiger partial charge in [-0.1, -0.05) is 0 Å². The third kappa shape index (κ3) is 4.59. The quantitative estimate of drug-likeness (QED) is 0.818. The summed E-state index contributed by atoms with van der Waals surface area (Å²) in [6.07, 6.45) is 1.62. The average Bonchev–Trinajstić information content (AvgIpc) is 2.34. The molecule has 1 aromatic rings. The first kappa shape index (κ1) is 16.1. The van der Waals surface area contributed by atoms with Crippen LogP contribution >= 0.6 is 15.9 Å². The average molecular weight is 334 g/mol. The highest BCUT2D eigenvalue weighted by Crippen LogP contribution is 2.21. The molecule has 0 aliphatic heterocycles. The van der Waals surface area contributed by atoms with Crippen molar-refractivity contribution in [3.63, 3.8) is 0 Å². The van der Waals surface area contributed by atoms with E-state index in [1.54, 1.807) is 20.4 Å². The van der Waals surface area contributed by atoms with E-state index in [9.17, 15) is 4.79 Å². The van der Waals surface area contributed by atoms with E-state index in [-0.39, 0.29) is 11.1 Å². The monoisotopic (exact) mass is 333 g/mol. The van der Waals surface area contributed by atoms with E-state index in [1.165, 1.54) is 4.68 Å². The molecule has 1 N–H and O–H groups in total. The summed E-state index contributed by atoms with van der Waals surface area (Å²) in [6, 6.07) is 0. The number of anilines is 1. The van der Waals surface area contributed by atoms with Crippen molar-refractivity contribution in [2.24, 2.45) is 0 Å². The van der Waals surface area contributed by atoms with E-state index in [0.29, 0.717) is 29.9 Å². The Hall–Kier alpha value is -0.920. The Balaban J connectivity index is 2.93. The number of hydrogen-bond donors (Lipinski definition) is 1. The lowest BCUT2D eigenvalue weighted by Crippen LogP contribution is -2.37. The first-order chi connectivity index (χ1) is 8.91. The summed E-state index contributed by atoms with van der Waals surface area (Å²) >= 11 is 3.31. The van der Waals surface area contributed by atoms with E-state index in [2.05, 4.69) is 26.3 Å². The van der Waals surface area contributed by atoms with Gasteiger partial charge in [0.1, 0.15) is 4.47 Å². The van der Waals surface area contributed by atoms with Crippen molar-refractivity contribution < 1.29 is 9.47 Å². The van der Waals surface area contributed by atoms with Crippen LogP contribution in [0, 0.1) is 0 Å². The van der Waals surface area contributed by atoms with Crippen LogP contribution in [0.25, 0.3) is 0 Å². The number of nitrogens with zero attached hydrogens (tertiary/aromatic N) is 2. The molecule has 0 spiro atoms. The van der Waals surface area contributed by atoms with Crippen molar-refractivity contribution in [3.8, 4) is 0 Å². The van der Waals surface area contributed by atoms with Crippen molar-refractivity contribution in [2.75, 3.05) is 32.8 Å². The van der Waals surface area contributed by atoms with E-state index in [4.69, 9.17) is 9.47 Å². The van der Waals surface area contributed by atoms with E-state index < -0.39 is 0 Å². The highest BCUT2D eigenvalue weighted by atomic mass is 79.9. The fourth-order valence-electron chi connectivity index (χ4n) is 1.65. The number of nitrogens with one attached hydrogen (secondary N) is 1. The second kappa shape index (κ2) is 7.02. The molecule has 1 heterocycles. The van der Waals surface area contributed by atoms with Gasteiger partial charge in [0.2, 0.25) is 0 Å². The van der Waals surface area contributed by atoms with Crippen molar-refractivity contribution >= 4 is 21.6 Å². The molecule has 6 nitrogen and oxygen atoms in total. The summed E-state index contributed by atoms with van der Waals surface area (Å²) in [5, 5.41) is 7.34. The zero-order valence-corrected chi connectivity index (χ0v) is 13.3. The third-order valence-corrected chi connectivity index (χ3v) is 3.24. The van der Waals surface area contributed by atoms with Crippen LogP contribution in [0.1, 0.15) is 13.8 Å². The molecule has 0 saturated carbocycles. The highest BCUT2D eigenvalue weighted by Gasteiger charge is 2.20. The normalized spacial score (nSPS) is 11.6. The van der Waals surface area contributed by atoms with Crippen molar-refractivity contribution in [2.45, 2.75) is 25.9 Å². The minimum Gasteiger partial charge on any atom is -0.383 e. The molecule has 1 rings (SSSR count). The first-order valence-electron chi connectivity index (χ1n) is 5.93. The van der Waals surface area contributed by atoms with Crippen LogP contribution in [-0.2, 0) is 16.0 Å². The molecule has 0 atom stereocenters. The first-order valence-corrected chi connectivity index (χ1v) is 6.72. The van der Waals surface area contributed by atoms with Gasteiger partial charge in [-0.2, -0.15) is 5.10 Å². The summed E-state index contributed by atoms with van der Waals surface area (Å²) in [5.74, 6) is 0. The summed E-state index contributed by atoms with van der Waals surface area (Å²) in [7, 11) is 3.22. The number of hydrogen-bond acceptors (Lipinski definition) is 5. The summed E-state index contributed by atoms with van der Waals surface area (Å²) in [4.78, 5) is 12.1. The van der Waals surface area contributed by atoms with Crippen molar-refractivity contribution in [1.82, 2.24) is 9.78 Å². The van der Waals surface area contributed by atoms with Gasteiger partial charge in [0.05, 0.1) is 37.2 Å². The Labute approximate surface area is 121 Å². The van der Waals surface area contributed by atoms with Crippen LogP contribution in [0.2, 0.25) is 0 Å². The molecule has 0 amide bonds. The molecular formula is C12H20BrN3O3. The molecule has 0 saturated heterocycles. The molecule has 0 aliphatic carbocycles. The van der Waals surface area contributed by atoms with E-state index in [0.717, 1.165) is 0 Å². The lowest BCUT2D eigenvalue weighted by molar-refractivity contribution is 0.158. The molecule has 0 unspecified atom stereocenters. The Bertz CT molecular complexity index is 474. The van der Waals surface area contributed by atoms with Gasteiger partial charge in [0, 0.05) is 14.2 Å². The molecule has 1 aromatic heterocycles. The molecule has 7 heteroatoms. The molecule has 0 radical (unpaired) electrons. The van der Waals surface area contributed by atoms with Crippen LogP contribution in [-0.4, -0.2) is 42.8 Å². The fourth-order valence-corrected chi connectivity index (χ4v) is 2.06. The molecule has 19 heavy (non-hydrogen) atoms. The fraction of sp³-hybridized carbons (Fsp3) is 0.667. The minimum absolute atomic E-state index is 0.185. The summed E-state index contributed by atoms with van der Waals surface area (Å²) < 4.78 is 11.9. The Morgan fingerprint density at radius 3 is 2.68 bits per heavy atom. The van der Waals surface area contributed by atoms with Crippen LogP contribution in [0.15, 0.2) is 15.5 Å². The number of methoxy groups -OCH3 is 2. The summed E-state index contributed by atoms with van der Waals surface area (Å²) in [5.41, 5.74) is 0.181. The maximum absolute atomic E-state index is 12.1. The largest absolute Gasteiger partial charge is 0.383 e. The Kier molecular flexibility index (Phi) is 5.96. The molecule has 0 aliphatic rings. The SMILES string of the molecule is COCCn1ncc(NC(C)(C)COC)c(Br)c1=O. The Morgan fingerprint density at radius 1 is 1.42 bits per heavy atom. The second-order valence-electron chi connectivity index (χ2n) is 4.84. The van der Waals surface area contributed by atoms with Crippen LogP contribution in [0.5, 0.6) is 0 Å². The van der Waals surface area contributed by atoms with Crippen LogP contribution in [0.3, 0.4) is 0 Å². The third-order valence-electron chi connectivity index (χ3n) is 2.47. The maximum atomic E-state index is 12.1. The zero-order chi connectivity index (χ0) is 14.5. The smallest absolute Gasteiger partial charge is 0.283 e. The van der Waals surface area contributed by atoms with Gasteiger partial charge in [-0.15, -0.1) is 0 Å². The molecule has 108 valence electrons. The van der Waals surface area contributed by atoms with Crippen molar-refractivity contribution in [3.05, 3.63) is 21.0 Å². The van der Waals surface area contributed by atoms with E-state index in [1.807, 2.05) is 13.8 Å². The molecule has 0 bridgehead atoms. The lowest BCUT2D eigenvalue weighted by Gasteiger charge is -2.27. The van der Waals surface area contributed by atoms with Crippen molar-refractivity contribution in [1.29, 1.82) is 0 Å². The Morgan fingerprint density at radius 2 is 2.11 bits per heavy atom. The van der Waals surface area contributed by atoms with Gasteiger partial charge in [-0.25, -0.2) is 4.68 Å². The molecular weight excluding hydrogens is 314 g/mol. The van der Waals surface area contributed by atoms with Gasteiger partial charge >= 0.3 is 0 Å². The number of halogens is 1. The number of aromatic nitrogens is 2. The van der Waals surface area contributed by atoms with Crippen LogP contribution < -0.4 is 10.9 Å². The van der Waals surface area contributed by atoms with E-state index >= 15 is 0 Å². The summed E-state index contributed by atoms with van der Waals surface area (Å²) in [6.45, 7) is 5.36. The molecule has 0 fully saturated rings. The van der Waals surface area contributed by atoms with Gasteiger partial charge in [0.25, 0.3) is 5.56 Å². The highest BCUT2D eigenvalue weighted by molar-refractivity contribution is 9.10. The topological polar surface area (TPSA) is 65.4 Å². The van der Waals surface area contributed by atoms with Gasteiger partial charge in [0.15, 0.2) is 0 Å². The number of rotatable bonds is 7. The predicted molar refractivity (Wildman–Crippen MR) is 77.7 cm³/mol. The van der Waals surface area contributed by atoms with Gasteiger partial charge in [-0.05, 0) is 29.8 Å². The van der Waals surface area contributed by atoms with Crippen LogP contribution in [0.4, 0.5) is 5.69 Å². The lowest BCUT2D eigenvalue weighted by atomic mass is 10.1. The van der Waals surface area contributed by atoms with Gasteiger partial charge < -0.3 is 14.8 Å². The standard InChI is InChI=1S/C12H20BrN3O3/c1-12(2,8-19-4)15-9-7-14-16(5-6-18-3)11(17)10(9)13/h7,15H,5-6,8H2,1-4H3. The predicted octanol–water partition coefficient (Wildman–Crippen LogP) is 1.49. The second-order valence-corrected chi connectivity index (χ2v) is 5.63. The minimum atomic E-state index is -0.288. The number of ether oxygens (including phenoxy) is 2. The zero-order valence-electron chi connectivity index (χ0n) is 11.7.